The number of rotatable bonds is 2. The van der Waals surface area contributed by atoms with Crippen LogP contribution in [-0.4, -0.2) is 31.7 Å². The van der Waals surface area contributed by atoms with Gasteiger partial charge in [0.2, 0.25) is 0 Å². The Morgan fingerprint density at radius 1 is 1.21 bits per heavy atom. The molecule has 0 bridgehead atoms. The topological polar surface area (TPSA) is 55.6 Å². The fraction of sp³-hybridized carbons (Fsp3) is 0.267. The van der Waals surface area contributed by atoms with Crippen LogP contribution < -0.4 is 10.6 Å². The van der Waals surface area contributed by atoms with Crippen molar-refractivity contribution in [2.24, 2.45) is 5.73 Å². The standard InChI is InChI=1S/C15H16N2O2/c16-8-12-9-17(15(18)10-19-12)14-7-3-5-11-4-1-2-6-13(11)14/h1-7,12H,8-10,16H2. The summed E-state index contributed by atoms with van der Waals surface area (Å²) >= 11 is 0. The minimum absolute atomic E-state index is 0.0129. The van der Waals surface area contributed by atoms with Gasteiger partial charge in [0.15, 0.2) is 0 Å². The number of morpholine rings is 1. The molecule has 4 nitrogen and oxygen atoms in total. The van der Waals surface area contributed by atoms with E-state index in [1.165, 1.54) is 0 Å². The fourth-order valence-electron chi connectivity index (χ4n) is 2.44. The Kier molecular flexibility index (Phi) is 3.19. The predicted molar refractivity (Wildman–Crippen MR) is 75.1 cm³/mol. The Morgan fingerprint density at radius 2 is 2.00 bits per heavy atom. The number of carbonyl (C=O) groups excluding carboxylic acids is 1. The first-order valence-corrected chi connectivity index (χ1v) is 6.39. The lowest BCUT2D eigenvalue weighted by Gasteiger charge is -2.32. The lowest BCUT2D eigenvalue weighted by molar-refractivity contribution is -0.128. The Labute approximate surface area is 111 Å². The minimum Gasteiger partial charge on any atom is -0.365 e. The van der Waals surface area contributed by atoms with Gasteiger partial charge in [-0.3, -0.25) is 4.79 Å². The molecule has 0 spiro atoms. The number of carbonyl (C=O) groups is 1. The number of hydrogen-bond acceptors (Lipinski definition) is 3. The van der Waals surface area contributed by atoms with Crippen LogP contribution in [0.3, 0.4) is 0 Å². The van der Waals surface area contributed by atoms with Crippen molar-refractivity contribution in [1.82, 2.24) is 0 Å². The molecule has 98 valence electrons. The third-order valence-corrected chi connectivity index (χ3v) is 3.45. The minimum atomic E-state index is -0.0864. The van der Waals surface area contributed by atoms with Gasteiger partial charge >= 0.3 is 0 Å². The number of ether oxygens (including phenoxy) is 1. The molecule has 0 saturated carbocycles. The average molecular weight is 256 g/mol. The summed E-state index contributed by atoms with van der Waals surface area (Å²) in [5.41, 5.74) is 6.57. The maximum atomic E-state index is 12.1. The summed E-state index contributed by atoms with van der Waals surface area (Å²) < 4.78 is 5.39. The Balaban J connectivity index is 2.05. The van der Waals surface area contributed by atoms with Crippen molar-refractivity contribution in [3.05, 3.63) is 42.5 Å². The Hall–Kier alpha value is -1.91. The Morgan fingerprint density at radius 3 is 2.84 bits per heavy atom. The molecule has 1 heterocycles. The largest absolute Gasteiger partial charge is 0.365 e. The van der Waals surface area contributed by atoms with E-state index in [0.29, 0.717) is 13.1 Å². The zero-order valence-electron chi connectivity index (χ0n) is 10.6. The van der Waals surface area contributed by atoms with Gasteiger partial charge in [0.05, 0.1) is 18.3 Å². The summed E-state index contributed by atoms with van der Waals surface area (Å²) in [6.07, 6.45) is -0.0864. The van der Waals surface area contributed by atoms with Crippen LogP contribution in [0.2, 0.25) is 0 Å². The van der Waals surface area contributed by atoms with Gasteiger partial charge < -0.3 is 15.4 Å². The highest BCUT2D eigenvalue weighted by Gasteiger charge is 2.27. The predicted octanol–water partition coefficient (Wildman–Crippen LogP) is 1.53. The molecule has 4 heteroatoms. The van der Waals surface area contributed by atoms with E-state index >= 15 is 0 Å². The molecule has 0 radical (unpaired) electrons. The first kappa shape index (κ1) is 12.1. The van der Waals surface area contributed by atoms with E-state index in [2.05, 4.69) is 0 Å². The normalized spacial score (nSPS) is 19.9. The van der Waals surface area contributed by atoms with Crippen LogP contribution in [0, 0.1) is 0 Å². The van der Waals surface area contributed by atoms with Crippen LogP contribution >= 0.6 is 0 Å². The monoisotopic (exact) mass is 256 g/mol. The average Bonchev–Trinajstić information content (AvgIpc) is 2.47. The maximum Gasteiger partial charge on any atom is 0.253 e. The van der Waals surface area contributed by atoms with Crippen LogP contribution in [0.5, 0.6) is 0 Å². The number of nitrogens with zero attached hydrogens (tertiary/aromatic N) is 1. The maximum absolute atomic E-state index is 12.1. The lowest BCUT2D eigenvalue weighted by Crippen LogP contribution is -2.49. The third-order valence-electron chi connectivity index (χ3n) is 3.45. The van der Waals surface area contributed by atoms with Crippen molar-refractivity contribution in [3.63, 3.8) is 0 Å². The molecule has 19 heavy (non-hydrogen) atoms. The van der Waals surface area contributed by atoms with E-state index in [4.69, 9.17) is 10.5 Å². The number of anilines is 1. The SMILES string of the molecule is NCC1CN(c2cccc3ccccc23)C(=O)CO1. The summed E-state index contributed by atoms with van der Waals surface area (Å²) in [5, 5.41) is 2.21. The molecule has 1 saturated heterocycles. The quantitative estimate of drug-likeness (QED) is 0.886. The molecule has 1 atom stereocenters. The molecule has 1 aliphatic heterocycles. The van der Waals surface area contributed by atoms with Gasteiger partial charge in [0.1, 0.15) is 6.61 Å². The van der Waals surface area contributed by atoms with Crippen molar-refractivity contribution in [3.8, 4) is 0 Å². The highest BCUT2D eigenvalue weighted by atomic mass is 16.5. The van der Waals surface area contributed by atoms with Crippen LogP contribution in [0.1, 0.15) is 0 Å². The van der Waals surface area contributed by atoms with Crippen LogP contribution in [0.25, 0.3) is 10.8 Å². The molecule has 0 aliphatic carbocycles. The van der Waals surface area contributed by atoms with E-state index < -0.39 is 0 Å². The first-order chi connectivity index (χ1) is 9.29. The van der Waals surface area contributed by atoms with Gasteiger partial charge in [0.25, 0.3) is 5.91 Å². The Bertz CT molecular complexity index is 607. The first-order valence-electron chi connectivity index (χ1n) is 6.39. The van der Waals surface area contributed by atoms with Crippen molar-refractivity contribution in [1.29, 1.82) is 0 Å². The van der Waals surface area contributed by atoms with Gasteiger partial charge in [-0.15, -0.1) is 0 Å². The zero-order valence-corrected chi connectivity index (χ0v) is 10.6. The van der Waals surface area contributed by atoms with Crippen LogP contribution in [0.4, 0.5) is 5.69 Å². The second kappa shape index (κ2) is 4.99. The van der Waals surface area contributed by atoms with E-state index in [1.54, 1.807) is 4.90 Å². The molecule has 1 fully saturated rings. The number of benzene rings is 2. The molecule has 3 rings (SSSR count). The van der Waals surface area contributed by atoms with E-state index in [0.717, 1.165) is 16.5 Å². The number of amides is 1. The smallest absolute Gasteiger partial charge is 0.253 e. The van der Waals surface area contributed by atoms with Crippen molar-refractivity contribution < 1.29 is 9.53 Å². The van der Waals surface area contributed by atoms with Crippen LogP contribution in [-0.2, 0) is 9.53 Å². The number of fused-ring (bicyclic) bond motifs is 1. The van der Waals surface area contributed by atoms with Gasteiger partial charge in [0, 0.05) is 11.9 Å². The zero-order chi connectivity index (χ0) is 13.2. The van der Waals surface area contributed by atoms with Crippen molar-refractivity contribution in [2.75, 3.05) is 24.6 Å². The summed E-state index contributed by atoms with van der Waals surface area (Å²) in [7, 11) is 0. The van der Waals surface area contributed by atoms with Crippen molar-refractivity contribution in [2.45, 2.75) is 6.10 Å². The van der Waals surface area contributed by atoms with Gasteiger partial charge in [-0.05, 0) is 11.5 Å². The second-order valence-corrected chi connectivity index (χ2v) is 4.67. The molecule has 2 N–H and O–H groups in total. The molecule has 0 aromatic heterocycles. The van der Waals surface area contributed by atoms with E-state index in [-0.39, 0.29) is 18.6 Å². The molecule has 1 aliphatic rings. The second-order valence-electron chi connectivity index (χ2n) is 4.67. The molecular formula is C15H16N2O2. The number of hydrogen-bond donors (Lipinski definition) is 1. The number of nitrogens with two attached hydrogens (primary N) is 1. The fourth-order valence-corrected chi connectivity index (χ4v) is 2.44. The van der Waals surface area contributed by atoms with Gasteiger partial charge in [-0.25, -0.2) is 0 Å². The summed E-state index contributed by atoms with van der Waals surface area (Å²) in [5.74, 6) is -0.0129. The molecule has 1 unspecified atom stereocenters. The highest BCUT2D eigenvalue weighted by Crippen LogP contribution is 2.28. The van der Waals surface area contributed by atoms with Crippen molar-refractivity contribution >= 4 is 22.4 Å². The summed E-state index contributed by atoms with van der Waals surface area (Å²) in [6.45, 7) is 1.04. The van der Waals surface area contributed by atoms with Gasteiger partial charge in [-0.2, -0.15) is 0 Å². The van der Waals surface area contributed by atoms with E-state index in [9.17, 15) is 4.79 Å². The highest BCUT2D eigenvalue weighted by molar-refractivity contribution is 6.04. The van der Waals surface area contributed by atoms with Crippen LogP contribution in [0.15, 0.2) is 42.5 Å². The molecule has 2 aromatic rings. The molecule has 2 aromatic carbocycles. The van der Waals surface area contributed by atoms with Gasteiger partial charge in [-0.1, -0.05) is 36.4 Å². The molecule has 1 amide bonds. The summed E-state index contributed by atoms with van der Waals surface area (Å²) in [4.78, 5) is 13.8. The lowest BCUT2D eigenvalue weighted by atomic mass is 10.1. The van der Waals surface area contributed by atoms with E-state index in [1.807, 2.05) is 42.5 Å². The third kappa shape index (κ3) is 2.20. The summed E-state index contributed by atoms with van der Waals surface area (Å²) in [6, 6.07) is 14.0. The molecular weight excluding hydrogens is 240 g/mol.